The van der Waals surface area contributed by atoms with E-state index in [1.165, 1.54) is 12.1 Å². The van der Waals surface area contributed by atoms with Crippen molar-refractivity contribution in [2.75, 3.05) is 23.4 Å². The first kappa shape index (κ1) is 20.7. The number of carbonyl (C=O) groups excluding carboxylic acids is 1. The van der Waals surface area contributed by atoms with Crippen LogP contribution in [-0.2, 0) is 9.53 Å². The number of hydrogen-bond donors (Lipinski definition) is 2. The number of pyridine rings is 1. The predicted octanol–water partition coefficient (Wildman–Crippen LogP) is 4.13. The third-order valence-corrected chi connectivity index (χ3v) is 6.45. The molecule has 1 unspecified atom stereocenters. The molecule has 2 aromatic rings. The largest absolute Gasteiger partial charge is 0.482 e. The van der Waals surface area contributed by atoms with Crippen molar-refractivity contribution in [3.05, 3.63) is 65.3 Å². The summed E-state index contributed by atoms with van der Waals surface area (Å²) in [6, 6.07) is 8.31. The van der Waals surface area contributed by atoms with Gasteiger partial charge in [0.25, 0.3) is 5.91 Å². The molecule has 6 nitrogen and oxygen atoms in total. The van der Waals surface area contributed by atoms with Gasteiger partial charge in [-0.2, -0.15) is 0 Å². The van der Waals surface area contributed by atoms with Crippen LogP contribution in [0.5, 0.6) is 0 Å². The molecule has 3 aliphatic rings. The minimum absolute atomic E-state index is 0.102. The lowest BCUT2D eigenvalue weighted by molar-refractivity contribution is -0.111. The first-order valence-corrected chi connectivity index (χ1v) is 11.0. The number of halogens is 1. The summed E-state index contributed by atoms with van der Waals surface area (Å²) in [6.45, 7) is 4.88. The number of allylic oxidation sites excluding steroid dienone is 1. The predicted molar refractivity (Wildman–Crippen MR) is 121 cm³/mol. The zero-order valence-electron chi connectivity index (χ0n) is 18.2. The summed E-state index contributed by atoms with van der Waals surface area (Å²) >= 11 is 0. The molecule has 166 valence electrons. The molecule has 1 saturated heterocycles. The van der Waals surface area contributed by atoms with Crippen molar-refractivity contribution < 1.29 is 19.0 Å². The Bertz CT molecular complexity index is 1140. The lowest BCUT2D eigenvalue weighted by Crippen LogP contribution is -2.42. The van der Waals surface area contributed by atoms with Crippen molar-refractivity contribution in [3.63, 3.8) is 0 Å². The van der Waals surface area contributed by atoms with Gasteiger partial charge in [0.15, 0.2) is 0 Å². The number of nitrogens with zero attached hydrogens (tertiary/aromatic N) is 2. The number of rotatable bonds is 3. The summed E-state index contributed by atoms with van der Waals surface area (Å²) in [5, 5.41) is 12.5. The third-order valence-electron chi connectivity index (χ3n) is 6.45. The molecule has 0 aliphatic carbocycles. The van der Waals surface area contributed by atoms with E-state index in [-0.39, 0.29) is 18.6 Å². The van der Waals surface area contributed by atoms with Crippen molar-refractivity contribution in [2.45, 2.75) is 44.8 Å². The van der Waals surface area contributed by atoms with E-state index >= 15 is 0 Å². The number of amides is 1. The van der Waals surface area contributed by atoms with Gasteiger partial charge in [0, 0.05) is 35.1 Å². The van der Waals surface area contributed by atoms with Crippen molar-refractivity contribution in [1.82, 2.24) is 4.98 Å². The van der Waals surface area contributed by atoms with Gasteiger partial charge in [-0.15, -0.1) is 0 Å². The lowest BCUT2D eigenvalue weighted by atomic mass is 9.93. The number of aliphatic hydroxyl groups is 1. The maximum absolute atomic E-state index is 13.8. The average molecular weight is 435 g/mol. The monoisotopic (exact) mass is 435 g/mol. The van der Waals surface area contributed by atoms with Crippen LogP contribution >= 0.6 is 0 Å². The van der Waals surface area contributed by atoms with Crippen LogP contribution in [0.25, 0.3) is 11.1 Å². The minimum atomic E-state index is -0.680. The summed E-state index contributed by atoms with van der Waals surface area (Å²) in [4.78, 5) is 19.5. The molecule has 1 amide bonds. The number of benzene rings is 1. The Morgan fingerprint density at radius 3 is 2.88 bits per heavy atom. The molecule has 1 aromatic heterocycles. The van der Waals surface area contributed by atoms with E-state index in [1.807, 2.05) is 38.3 Å². The normalized spacial score (nSPS) is 24.1. The summed E-state index contributed by atoms with van der Waals surface area (Å²) in [6.07, 6.45) is 6.84. The lowest BCUT2D eigenvalue weighted by Gasteiger charge is -2.35. The number of aliphatic hydroxyl groups excluding tert-OH is 1. The molecule has 32 heavy (non-hydrogen) atoms. The molecule has 0 radical (unpaired) electrons. The Hall–Kier alpha value is -3.19. The van der Waals surface area contributed by atoms with Crippen molar-refractivity contribution in [3.8, 4) is 0 Å². The number of fused-ring (bicyclic) bond motifs is 1. The summed E-state index contributed by atoms with van der Waals surface area (Å²) in [5.74, 6) is 0.566. The van der Waals surface area contributed by atoms with Gasteiger partial charge in [-0.3, -0.25) is 4.79 Å². The van der Waals surface area contributed by atoms with Gasteiger partial charge in [0.2, 0.25) is 0 Å². The summed E-state index contributed by atoms with van der Waals surface area (Å²) < 4.78 is 20.0. The Balaban J connectivity index is 1.50. The molecule has 1 aromatic carbocycles. The van der Waals surface area contributed by atoms with Crippen LogP contribution in [-0.4, -0.2) is 40.8 Å². The summed E-state index contributed by atoms with van der Waals surface area (Å²) in [7, 11) is 0. The fraction of sp³-hybridized carbons (Fsp3) is 0.360. The molecule has 0 bridgehead atoms. The first-order chi connectivity index (χ1) is 15.4. The minimum Gasteiger partial charge on any atom is -0.482 e. The van der Waals surface area contributed by atoms with Crippen LogP contribution in [0, 0.1) is 5.82 Å². The Kier molecular flexibility index (Phi) is 5.01. The molecule has 5 rings (SSSR count). The number of carbonyl (C=O) groups is 1. The molecule has 1 fully saturated rings. The fourth-order valence-corrected chi connectivity index (χ4v) is 4.81. The number of anilines is 2. The van der Waals surface area contributed by atoms with Gasteiger partial charge >= 0.3 is 0 Å². The zero-order valence-corrected chi connectivity index (χ0v) is 18.2. The van der Waals surface area contributed by atoms with Gasteiger partial charge < -0.3 is 20.1 Å². The highest BCUT2D eigenvalue weighted by Crippen LogP contribution is 2.44. The summed E-state index contributed by atoms with van der Waals surface area (Å²) in [5.41, 5.74) is 2.53. The molecule has 7 heteroatoms. The maximum atomic E-state index is 13.8. The molecule has 1 atom stereocenters. The molecule has 0 spiro atoms. The first-order valence-electron chi connectivity index (χ1n) is 11.0. The fourth-order valence-electron chi connectivity index (χ4n) is 4.81. The van der Waals surface area contributed by atoms with Gasteiger partial charge in [0.1, 0.15) is 23.0 Å². The number of hydrogen-bond acceptors (Lipinski definition) is 5. The quantitative estimate of drug-likeness (QED) is 0.710. The van der Waals surface area contributed by atoms with E-state index in [0.717, 1.165) is 42.8 Å². The molecule has 2 N–H and O–H groups in total. The van der Waals surface area contributed by atoms with Crippen LogP contribution in [0.1, 0.15) is 44.2 Å². The van der Waals surface area contributed by atoms with Crippen molar-refractivity contribution in [2.24, 2.45) is 0 Å². The SMILES string of the molecule is CC1(C)O/C(=C2/C(=O)Nc3ccc(F)cc32)C=C1c1ccc(N2CCCCC2CO)nc1. The third kappa shape index (κ3) is 3.46. The van der Waals surface area contributed by atoms with E-state index in [0.29, 0.717) is 22.6 Å². The number of aromatic nitrogens is 1. The number of nitrogens with one attached hydrogen (secondary N) is 1. The van der Waals surface area contributed by atoms with Crippen LogP contribution < -0.4 is 10.2 Å². The second kappa shape index (κ2) is 7.74. The van der Waals surface area contributed by atoms with Crippen LogP contribution in [0.4, 0.5) is 15.9 Å². The van der Waals surface area contributed by atoms with Gasteiger partial charge in [-0.1, -0.05) is 0 Å². The van der Waals surface area contributed by atoms with Gasteiger partial charge in [-0.25, -0.2) is 9.37 Å². The molecule has 3 aliphatic heterocycles. The highest BCUT2D eigenvalue weighted by molar-refractivity contribution is 6.32. The topological polar surface area (TPSA) is 74.7 Å². The zero-order chi connectivity index (χ0) is 22.5. The molecular formula is C25H26FN3O3. The van der Waals surface area contributed by atoms with Crippen molar-refractivity contribution >= 4 is 28.6 Å². The maximum Gasteiger partial charge on any atom is 0.260 e. The van der Waals surface area contributed by atoms with Crippen LogP contribution in [0.15, 0.2) is 48.4 Å². The van der Waals surface area contributed by atoms with E-state index < -0.39 is 11.4 Å². The molecular weight excluding hydrogens is 409 g/mol. The van der Waals surface area contributed by atoms with Crippen LogP contribution in [0.3, 0.4) is 0 Å². The van der Waals surface area contributed by atoms with E-state index in [4.69, 9.17) is 4.74 Å². The second-order valence-corrected chi connectivity index (χ2v) is 8.98. The number of piperidine rings is 1. The highest BCUT2D eigenvalue weighted by atomic mass is 19.1. The number of ether oxygens (including phenoxy) is 1. The molecule has 0 saturated carbocycles. The van der Waals surface area contributed by atoms with E-state index in [2.05, 4.69) is 15.2 Å². The van der Waals surface area contributed by atoms with Crippen LogP contribution in [0.2, 0.25) is 0 Å². The van der Waals surface area contributed by atoms with Gasteiger partial charge in [-0.05, 0) is 69.5 Å². The smallest absolute Gasteiger partial charge is 0.260 e. The Morgan fingerprint density at radius 1 is 1.28 bits per heavy atom. The highest BCUT2D eigenvalue weighted by Gasteiger charge is 2.38. The Labute approximate surface area is 186 Å². The van der Waals surface area contributed by atoms with E-state index in [1.54, 1.807) is 6.07 Å². The average Bonchev–Trinajstić information content (AvgIpc) is 3.28. The standard InChI is InChI=1S/C25H26FN3O3/c1-25(2)19(15-6-9-22(27-13-15)29-10-4-3-5-17(29)14-30)12-21(32-25)23-18-11-16(26)7-8-20(18)28-24(23)31/h6-9,11-13,17,30H,3-5,10,14H2,1-2H3,(H,28,31)/b23-21+. The van der Waals surface area contributed by atoms with Crippen molar-refractivity contribution in [1.29, 1.82) is 0 Å². The molecule has 4 heterocycles. The second-order valence-electron chi connectivity index (χ2n) is 8.98. The Morgan fingerprint density at radius 2 is 2.12 bits per heavy atom. The van der Waals surface area contributed by atoms with E-state index in [9.17, 15) is 14.3 Å². The van der Waals surface area contributed by atoms with Gasteiger partial charge in [0.05, 0.1) is 18.2 Å².